The van der Waals surface area contributed by atoms with Crippen LogP contribution in [0.5, 0.6) is 0 Å². The number of aliphatic imine (C=N–C) groups is 1. The van der Waals surface area contributed by atoms with E-state index in [1.807, 2.05) is 36.1 Å². The lowest BCUT2D eigenvalue weighted by Gasteiger charge is -2.33. The topological polar surface area (TPSA) is 62.1 Å². The summed E-state index contributed by atoms with van der Waals surface area (Å²) >= 11 is 0. The van der Waals surface area contributed by atoms with Gasteiger partial charge in [-0.25, -0.2) is 0 Å². The van der Waals surface area contributed by atoms with Crippen LogP contribution in [0.1, 0.15) is 68.6 Å². The maximum atomic E-state index is 13.5. The lowest BCUT2D eigenvalue weighted by atomic mass is 9.89. The van der Waals surface area contributed by atoms with Crippen LogP contribution in [0.25, 0.3) is 0 Å². The van der Waals surface area contributed by atoms with Gasteiger partial charge in [-0.2, -0.15) is 0 Å². The molecule has 1 amide bonds. The molecule has 5 nitrogen and oxygen atoms in total. The normalized spacial score (nSPS) is 24.7. The van der Waals surface area contributed by atoms with Gasteiger partial charge in [0.15, 0.2) is 0 Å². The number of carbonyl (C=O) groups is 1. The molecule has 0 aromatic heterocycles. The van der Waals surface area contributed by atoms with Gasteiger partial charge >= 0.3 is 0 Å². The van der Waals surface area contributed by atoms with Gasteiger partial charge in [0.1, 0.15) is 17.5 Å². The van der Waals surface area contributed by atoms with E-state index in [0.29, 0.717) is 31.9 Å². The Morgan fingerprint density at radius 2 is 1.74 bits per heavy atom. The number of hydrogen-bond acceptors (Lipinski definition) is 4. The molecule has 1 saturated carbocycles. The second-order valence-electron chi connectivity index (χ2n) is 8.25. The molecule has 2 aliphatic heterocycles. The number of aryl methyl sites for hydroxylation is 1. The molecule has 1 N–H and O–H groups in total. The molecule has 2 heterocycles. The lowest BCUT2D eigenvalue weighted by molar-refractivity contribution is -0.136. The number of rotatable bonds is 3. The summed E-state index contributed by atoms with van der Waals surface area (Å²) in [6.07, 6.45) is 7.08. The van der Waals surface area contributed by atoms with E-state index in [2.05, 4.69) is 0 Å². The molecule has 0 bridgehead atoms. The van der Waals surface area contributed by atoms with Gasteiger partial charge in [-0.1, -0.05) is 55.5 Å². The Morgan fingerprint density at radius 1 is 1.11 bits per heavy atom. The standard InChI is InChI=1S/C22H30N2O3/c1-16-8-10-17(11-9-16)19(25)20-23-22(12-14-27-15-13-22)21(26)24(20)18-6-4-2-3-5-7-18/h8-11,18-19,25H,2-7,12-15H2,1H3. The van der Waals surface area contributed by atoms with Crippen molar-refractivity contribution >= 4 is 11.7 Å². The zero-order chi connectivity index (χ0) is 18.9. The third-order valence-electron chi connectivity index (χ3n) is 6.34. The van der Waals surface area contributed by atoms with E-state index < -0.39 is 11.6 Å². The van der Waals surface area contributed by atoms with E-state index >= 15 is 0 Å². The Bertz CT molecular complexity index is 699. The summed E-state index contributed by atoms with van der Waals surface area (Å²) in [6.45, 7) is 3.14. The van der Waals surface area contributed by atoms with Gasteiger partial charge in [-0.05, 0) is 25.3 Å². The monoisotopic (exact) mass is 370 g/mol. The summed E-state index contributed by atoms with van der Waals surface area (Å²) in [5.41, 5.74) is 1.22. The summed E-state index contributed by atoms with van der Waals surface area (Å²) in [5, 5.41) is 11.2. The zero-order valence-corrected chi connectivity index (χ0v) is 16.2. The fraction of sp³-hybridized carbons (Fsp3) is 0.636. The van der Waals surface area contributed by atoms with Gasteiger partial charge < -0.3 is 9.84 Å². The number of nitrogens with zero attached hydrogens (tertiary/aromatic N) is 2. The first-order valence-corrected chi connectivity index (χ1v) is 10.4. The highest BCUT2D eigenvalue weighted by molar-refractivity contribution is 6.10. The lowest BCUT2D eigenvalue weighted by Crippen LogP contribution is -2.50. The van der Waals surface area contributed by atoms with Crippen LogP contribution in [0.3, 0.4) is 0 Å². The Kier molecular flexibility index (Phi) is 5.33. The molecule has 1 aliphatic carbocycles. The van der Waals surface area contributed by atoms with Crippen molar-refractivity contribution in [2.24, 2.45) is 4.99 Å². The van der Waals surface area contributed by atoms with Gasteiger partial charge in [0.2, 0.25) is 0 Å². The molecular formula is C22H30N2O3. The SMILES string of the molecule is Cc1ccc(C(O)C2=NC3(CCOCC3)C(=O)N2C2CCCCCC2)cc1. The third kappa shape index (κ3) is 3.55. The number of amides is 1. The minimum absolute atomic E-state index is 0.0823. The Balaban J connectivity index is 1.69. The highest BCUT2D eigenvalue weighted by Crippen LogP contribution is 2.39. The molecule has 1 aromatic carbocycles. The predicted octanol–water partition coefficient (Wildman–Crippen LogP) is 3.54. The number of hydrogen-bond donors (Lipinski definition) is 1. The molecule has 1 atom stereocenters. The van der Waals surface area contributed by atoms with Crippen molar-refractivity contribution in [1.29, 1.82) is 0 Å². The number of aliphatic hydroxyl groups is 1. The predicted molar refractivity (Wildman–Crippen MR) is 105 cm³/mol. The summed E-state index contributed by atoms with van der Waals surface area (Å²) in [5.74, 6) is 0.636. The van der Waals surface area contributed by atoms with Gasteiger partial charge in [0, 0.05) is 32.1 Å². The Morgan fingerprint density at radius 3 is 2.37 bits per heavy atom. The number of aliphatic hydroxyl groups excluding tert-OH is 1. The second kappa shape index (κ2) is 7.72. The molecule has 1 saturated heterocycles. The van der Waals surface area contributed by atoms with Crippen LogP contribution in [0, 0.1) is 6.92 Å². The van der Waals surface area contributed by atoms with Crippen LogP contribution in [-0.2, 0) is 9.53 Å². The van der Waals surface area contributed by atoms with Crippen LogP contribution < -0.4 is 0 Å². The minimum Gasteiger partial charge on any atom is -0.381 e. The average molecular weight is 370 g/mol. The van der Waals surface area contributed by atoms with Crippen LogP contribution in [0.4, 0.5) is 0 Å². The van der Waals surface area contributed by atoms with Crippen molar-refractivity contribution in [1.82, 2.24) is 4.90 Å². The third-order valence-corrected chi connectivity index (χ3v) is 6.34. The van der Waals surface area contributed by atoms with E-state index in [4.69, 9.17) is 9.73 Å². The van der Waals surface area contributed by atoms with Crippen LogP contribution in [0.15, 0.2) is 29.3 Å². The smallest absolute Gasteiger partial charge is 0.256 e. The number of amidine groups is 1. The molecule has 2 fully saturated rings. The molecule has 5 heteroatoms. The van der Waals surface area contributed by atoms with Crippen LogP contribution in [-0.4, -0.2) is 46.5 Å². The Labute approximate surface area is 161 Å². The maximum Gasteiger partial charge on any atom is 0.256 e. The summed E-state index contributed by atoms with van der Waals surface area (Å²) in [6, 6.07) is 8.02. The average Bonchev–Trinajstić information content (AvgIpc) is 2.86. The van der Waals surface area contributed by atoms with Gasteiger partial charge in [0.25, 0.3) is 5.91 Å². The first-order chi connectivity index (χ1) is 13.1. The molecular weight excluding hydrogens is 340 g/mol. The molecule has 3 aliphatic rings. The molecule has 27 heavy (non-hydrogen) atoms. The fourth-order valence-electron chi connectivity index (χ4n) is 4.64. The number of benzene rings is 1. The van der Waals surface area contributed by atoms with E-state index in [1.165, 1.54) is 12.8 Å². The second-order valence-corrected chi connectivity index (χ2v) is 8.25. The van der Waals surface area contributed by atoms with Crippen molar-refractivity contribution in [3.63, 3.8) is 0 Å². The molecule has 4 rings (SSSR count). The molecule has 1 aromatic rings. The number of ether oxygens (including phenoxy) is 1. The maximum absolute atomic E-state index is 13.5. The van der Waals surface area contributed by atoms with Gasteiger partial charge in [-0.3, -0.25) is 14.7 Å². The highest BCUT2D eigenvalue weighted by atomic mass is 16.5. The fourth-order valence-corrected chi connectivity index (χ4v) is 4.64. The quantitative estimate of drug-likeness (QED) is 0.828. The first-order valence-electron chi connectivity index (χ1n) is 10.4. The molecule has 146 valence electrons. The number of carbonyl (C=O) groups excluding carboxylic acids is 1. The summed E-state index contributed by atoms with van der Waals surface area (Å²) < 4.78 is 5.50. The van der Waals surface area contributed by atoms with Gasteiger partial charge in [-0.15, -0.1) is 0 Å². The summed E-state index contributed by atoms with van der Waals surface area (Å²) in [4.78, 5) is 20.3. The van der Waals surface area contributed by atoms with Gasteiger partial charge in [0.05, 0.1) is 0 Å². The molecule has 1 spiro atoms. The molecule has 0 radical (unpaired) electrons. The van der Waals surface area contributed by atoms with Crippen molar-refractivity contribution in [3.05, 3.63) is 35.4 Å². The van der Waals surface area contributed by atoms with Crippen LogP contribution >= 0.6 is 0 Å². The van der Waals surface area contributed by atoms with Crippen molar-refractivity contribution < 1.29 is 14.6 Å². The van der Waals surface area contributed by atoms with Crippen LogP contribution in [0.2, 0.25) is 0 Å². The van der Waals surface area contributed by atoms with E-state index in [1.54, 1.807) is 0 Å². The van der Waals surface area contributed by atoms with E-state index in [-0.39, 0.29) is 11.9 Å². The molecule has 1 unspecified atom stereocenters. The van der Waals surface area contributed by atoms with Crippen molar-refractivity contribution in [2.45, 2.75) is 76.0 Å². The van der Waals surface area contributed by atoms with E-state index in [0.717, 1.165) is 36.8 Å². The first kappa shape index (κ1) is 18.6. The largest absolute Gasteiger partial charge is 0.381 e. The zero-order valence-electron chi connectivity index (χ0n) is 16.2. The minimum atomic E-state index is -0.861. The van der Waals surface area contributed by atoms with Crippen molar-refractivity contribution in [3.8, 4) is 0 Å². The van der Waals surface area contributed by atoms with Crippen molar-refractivity contribution in [2.75, 3.05) is 13.2 Å². The Hall–Kier alpha value is -1.72. The highest BCUT2D eigenvalue weighted by Gasteiger charge is 2.52. The summed E-state index contributed by atoms with van der Waals surface area (Å²) in [7, 11) is 0. The van der Waals surface area contributed by atoms with E-state index in [9.17, 15) is 9.90 Å².